The molecule has 1 aliphatic heterocycles. The summed E-state index contributed by atoms with van der Waals surface area (Å²) in [5.41, 5.74) is 5.14. The number of fused-ring (bicyclic) bond motifs is 2. The number of hydrogen-bond donors (Lipinski definition) is 1. The third-order valence-corrected chi connectivity index (χ3v) is 6.04. The van der Waals surface area contributed by atoms with Crippen molar-refractivity contribution in [1.82, 2.24) is 9.97 Å². The van der Waals surface area contributed by atoms with Crippen molar-refractivity contribution in [1.29, 1.82) is 5.26 Å². The van der Waals surface area contributed by atoms with E-state index in [1.165, 1.54) is 24.8 Å². The van der Waals surface area contributed by atoms with Crippen molar-refractivity contribution in [3.63, 3.8) is 0 Å². The predicted octanol–water partition coefficient (Wildman–Crippen LogP) is 4.92. The number of nitrogens with zero attached hydrogens (tertiary/aromatic N) is 3. The summed E-state index contributed by atoms with van der Waals surface area (Å²) in [6.45, 7) is 0. The van der Waals surface area contributed by atoms with E-state index in [4.69, 9.17) is 9.98 Å². The van der Waals surface area contributed by atoms with Gasteiger partial charge in [0.25, 0.3) is 0 Å². The van der Waals surface area contributed by atoms with Crippen LogP contribution in [0.15, 0.2) is 53.5 Å². The van der Waals surface area contributed by atoms with Gasteiger partial charge in [0.2, 0.25) is 0 Å². The van der Waals surface area contributed by atoms with Crippen LogP contribution in [-0.4, -0.2) is 21.2 Å². The summed E-state index contributed by atoms with van der Waals surface area (Å²) in [5, 5.41) is 10.1. The van der Waals surface area contributed by atoms with Crippen molar-refractivity contribution in [2.75, 3.05) is 0 Å². The van der Waals surface area contributed by atoms with Crippen LogP contribution in [0.1, 0.15) is 55.0 Å². The zero-order valence-electron chi connectivity index (χ0n) is 15.3. The molecule has 1 aromatic heterocycles. The number of nitriles is 1. The normalized spacial score (nSPS) is 19.3. The van der Waals surface area contributed by atoms with E-state index in [1.807, 2.05) is 30.3 Å². The molecule has 1 spiro atoms. The zero-order chi connectivity index (χ0) is 18.3. The summed E-state index contributed by atoms with van der Waals surface area (Å²) in [6, 6.07) is 18.9. The lowest BCUT2D eigenvalue weighted by atomic mass is 9.73. The number of hydrogen-bond acceptors (Lipinski definition) is 3. The average Bonchev–Trinajstić information content (AvgIpc) is 3.13. The van der Waals surface area contributed by atoms with Crippen LogP contribution in [0.2, 0.25) is 0 Å². The third kappa shape index (κ3) is 2.75. The number of aliphatic imine (C=N–C) groups is 1. The highest BCUT2D eigenvalue weighted by Gasteiger charge is 2.39. The van der Waals surface area contributed by atoms with Crippen LogP contribution >= 0.6 is 0 Å². The lowest BCUT2D eigenvalue weighted by molar-refractivity contribution is 0.293. The fraction of sp³-hybridized carbons (Fsp3) is 0.348. The largest absolute Gasteiger partial charge is 0.341 e. The van der Waals surface area contributed by atoms with E-state index in [-0.39, 0.29) is 5.54 Å². The summed E-state index contributed by atoms with van der Waals surface area (Å²) in [7, 11) is 0. The summed E-state index contributed by atoms with van der Waals surface area (Å²) in [5.74, 6) is 0.220. The first-order valence-electron chi connectivity index (χ1n) is 9.80. The van der Waals surface area contributed by atoms with Crippen molar-refractivity contribution in [3.05, 3.63) is 65.5 Å². The maximum atomic E-state index is 10.1. The molecular weight excluding hydrogens is 332 g/mol. The molecular formula is C23H22N4. The molecule has 2 aromatic carbocycles. The summed E-state index contributed by atoms with van der Waals surface area (Å²) in [4.78, 5) is 13.3. The van der Waals surface area contributed by atoms with Crippen LogP contribution in [0.4, 0.5) is 0 Å². The molecule has 1 aliphatic carbocycles. The standard InChI is InChI=1S/C23H22N4/c24-15-18(22-25-19-10-4-5-11-20(19)26-22)21-17-9-3-2-8-16(17)14-23(27-21)12-6-1-7-13-23/h2-5,8-11,18H,1,6-7,12-14H2,(H,25,26). The number of H-pyrrole nitrogens is 1. The second-order valence-corrected chi connectivity index (χ2v) is 7.82. The molecule has 4 nitrogen and oxygen atoms in total. The van der Waals surface area contributed by atoms with E-state index in [0.717, 1.165) is 41.6 Å². The van der Waals surface area contributed by atoms with Crippen LogP contribution in [-0.2, 0) is 6.42 Å². The Morgan fingerprint density at radius 2 is 1.78 bits per heavy atom. The van der Waals surface area contributed by atoms with Gasteiger partial charge < -0.3 is 4.98 Å². The monoisotopic (exact) mass is 354 g/mol. The summed E-state index contributed by atoms with van der Waals surface area (Å²) in [6.07, 6.45) is 6.96. The number of aromatic amines is 1. The van der Waals surface area contributed by atoms with Gasteiger partial charge in [-0.05, 0) is 37.0 Å². The van der Waals surface area contributed by atoms with Crippen molar-refractivity contribution in [2.45, 2.75) is 50.0 Å². The minimum atomic E-state index is -0.474. The molecule has 1 atom stereocenters. The van der Waals surface area contributed by atoms with Crippen LogP contribution in [0.3, 0.4) is 0 Å². The van der Waals surface area contributed by atoms with Gasteiger partial charge in [0.15, 0.2) is 0 Å². The summed E-state index contributed by atoms with van der Waals surface area (Å²) >= 11 is 0. The van der Waals surface area contributed by atoms with Crippen molar-refractivity contribution < 1.29 is 0 Å². The minimum Gasteiger partial charge on any atom is -0.341 e. The van der Waals surface area contributed by atoms with Gasteiger partial charge in [-0.3, -0.25) is 4.99 Å². The number of aromatic nitrogens is 2. The first kappa shape index (κ1) is 16.3. The molecule has 27 heavy (non-hydrogen) atoms. The molecule has 0 radical (unpaired) electrons. The van der Waals surface area contributed by atoms with Crippen LogP contribution in [0, 0.1) is 11.3 Å². The lowest BCUT2D eigenvalue weighted by Crippen LogP contribution is -2.38. The van der Waals surface area contributed by atoms with Gasteiger partial charge in [-0.15, -0.1) is 0 Å². The maximum Gasteiger partial charge on any atom is 0.146 e. The van der Waals surface area contributed by atoms with E-state index >= 15 is 0 Å². The van der Waals surface area contributed by atoms with Gasteiger partial charge in [0.05, 0.1) is 28.4 Å². The van der Waals surface area contributed by atoms with E-state index in [2.05, 4.69) is 29.3 Å². The van der Waals surface area contributed by atoms with Gasteiger partial charge in [0.1, 0.15) is 11.7 Å². The van der Waals surface area contributed by atoms with Gasteiger partial charge in [0, 0.05) is 5.56 Å². The fourth-order valence-corrected chi connectivity index (χ4v) is 4.71. The molecule has 134 valence electrons. The maximum absolute atomic E-state index is 10.1. The van der Waals surface area contributed by atoms with Crippen LogP contribution in [0.25, 0.3) is 11.0 Å². The zero-order valence-corrected chi connectivity index (χ0v) is 15.3. The quantitative estimate of drug-likeness (QED) is 0.710. The topological polar surface area (TPSA) is 64.8 Å². The van der Waals surface area contributed by atoms with Gasteiger partial charge >= 0.3 is 0 Å². The molecule has 3 aromatic rings. The Morgan fingerprint density at radius 1 is 1.00 bits per heavy atom. The summed E-state index contributed by atoms with van der Waals surface area (Å²) < 4.78 is 0. The molecule has 2 aliphatic rings. The third-order valence-electron chi connectivity index (χ3n) is 6.04. The first-order valence-corrected chi connectivity index (χ1v) is 9.80. The molecule has 4 heteroatoms. The number of benzene rings is 2. The van der Waals surface area contributed by atoms with Crippen LogP contribution < -0.4 is 0 Å². The molecule has 1 saturated carbocycles. The van der Waals surface area contributed by atoms with Crippen molar-refractivity contribution in [2.24, 2.45) is 4.99 Å². The minimum absolute atomic E-state index is 0.0386. The highest BCUT2D eigenvalue weighted by Crippen LogP contribution is 2.40. The molecule has 1 N–H and O–H groups in total. The SMILES string of the molecule is N#CC(C1=NC2(CCCCC2)Cc2ccccc21)c1nc2ccccc2[nH]1. The van der Waals surface area contributed by atoms with Crippen LogP contribution in [0.5, 0.6) is 0 Å². The lowest BCUT2D eigenvalue weighted by Gasteiger charge is -2.39. The Labute approximate surface area is 159 Å². The smallest absolute Gasteiger partial charge is 0.146 e. The Bertz CT molecular complexity index is 1030. The number of imidazole rings is 1. The molecule has 0 amide bonds. The molecule has 1 fully saturated rings. The fourth-order valence-electron chi connectivity index (χ4n) is 4.71. The van der Waals surface area contributed by atoms with Gasteiger partial charge in [-0.1, -0.05) is 55.7 Å². The predicted molar refractivity (Wildman–Crippen MR) is 107 cm³/mol. The average molecular weight is 354 g/mol. The van der Waals surface area contributed by atoms with E-state index in [0.29, 0.717) is 5.82 Å². The van der Waals surface area contributed by atoms with E-state index in [1.54, 1.807) is 0 Å². The van der Waals surface area contributed by atoms with E-state index < -0.39 is 5.92 Å². The molecule has 0 saturated heterocycles. The highest BCUT2D eigenvalue weighted by atomic mass is 15.0. The molecule has 5 rings (SSSR count). The number of para-hydroxylation sites is 2. The first-order chi connectivity index (χ1) is 13.3. The Balaban J connectivity index is 1.65. The number of nitrogens with one attached hydrogen (secondary N) is 1. The van der Waals surface area contributed by atoms with Gasteiger partial charge in [-0.2, -0.15) is 5.26 Å². The second-order valence-electron chi connectivity index (χ2n) is 7.82. The van der Waals surface area contributed by atoms with Crippen molar-refractivity contribution >= 4 is 16.7 Å². The Morgan fingerprint density at radius 3 is 2.59 bits per heavy atom. The molecule has 0 bridgehead atoms. The molecule has 2 heterocycles. The van der Waals surface area contributed by atoms with E-state index in [9.17, 15) is 5.26 Å². The van der Waals surface area contributed by atoms with Crippen molar-refractivity contribution in [3.8, 4) is 6.07 Å². The van der Waals surface area contributed by atoms with Gasteiger partial charge in [-0.25, -0.2) is 4.98 Å². The number of rotatable bonds is 2. The molecule has 1 unspecified atom stereocenters. The highest BCUT2D eigenvalue weighted by molar-refractivity contribution is 6.08. The Kier molecular flexibility index (Phi) is 3.82. The second kappa shape index (κ2) is 6.35. The Hall–Kier alpha value is -2.93.